The van der Waals surface area contributed by atoms with Gasteiger partial charge in [-0.1, -0.05) is 18.2 Å². The maximum Gasteiger partial charge on any atom is 0.390 e. The number of aromatic nitrogens is 2. The summed E-state index contributed by atoms with van der Waals surface area (Å²) in [4.78, 5) is 19.4. The number of pyridine rings is 1. The molecular formula is C30H28F5N3O2. The first kappa shape index (κ1) is 27.8. The summed E-state index contributed by atoms with van der Waals surface area (Å²) in [6, 6.07) is 11.8. The number of rotatable bonds is 6. The van der Waals surface area contributed by atoms with Gasteiger partial charge in [-0.05, 0) is 69.1 Å². The highest BCUT2D eigenvalue weighted by Gasteiger charge is 2.31. The smallest absolute Gasteiger partial charge is 0.390 e. The molecule has 2 aromatic carbocycles. The highest BCUT2D eigenvalue weighted by Crippen LogP contribution is 2.39. The number of likely N-dealkylation sites (tertiary alicyclic amines) is 1. The molecule has 0 spiro atoms. The predicted molar refractivity (Wildman–Crippen MR) is 141 cm³/mol. The molecule has 2 aromatic heterocycles. The highest BCUT2D eigenvalue weighted by atomic mass is 19.4. The highest BCUT2D eigenvalue weighted by molar-refractivity contribution is 5.77. The molecule has 0 saturated carbocycles. The van der Waals surface area contributed by atoms with Gasteiger partial charge in [-0.15, -0.1) is 0 Å². The zero-order valence-electron chi connectivity index (χ0n) is 22.1. The molecule has 4 aromatic rings. The SMILES string of the molecule is Cc1cccc(C)c1-n1cc(-c2nc(C3CCN(CCC(F)(F)F)CC3)oc2-c2ccc(F)cc2F)ccc1=O. The van der Waals surface area contributed by atoms with Crippen molar-refractivity contribution < 1.29 is 26.4 Å². The van der Waals surface area contributed by atoms with Gasteiger partial charge in [-0.25, -0.2) is 13.8 Å². The molecule has 0 radical (unpaired) electrons. The van der Waals surface area contributed by atoms with Crippen molar-refractivity contribution in [3.8, 4) is 28.3 Å². The Morgan fingerprint density at radius 1 is 1.00 bits per heavy atom. The number of piperidine rings is 1. The first-order valence-corrected chi connectivity index (χ1v) is 13.0. The Morgan fingerprint density at radius 3 is 2.35 bits per heavy atom. The first-order valence-electron chi connectivity index (χ1n) is 13.0. The largest absolute Gasteiger partial charge is 0.440 e. The van der Waals surface area contributed by atoms with Crippen LogP contribution in [0.1, 0.15) is 42.2 Å². The van der Waals surface area contributed by atoms with Crippen LogP contribution in [0.5, 0.6) is 0 Å². The number of hydrogen-bond acceptors (Lipinski definition) is 4. The van der Waals surface area contributed by atoms with E-state index in [1.165, 1.54) is 16.7 Å². The number of hydrogen-bond donors (Lipinski definition) is 0. The average molecular weight is 558 g/mol. The molecule has 0 aliphatic carbocycles. The molecule has 0 atom stereocenters. The third kappa shape index (κ3) is 5.86. The van der Waals surface area contributed by atoms with Crippen molar-refractivity contribution >= 4 is 0 Å². The summed E-state index contributed by atoms with van der Waals surface area (Å²) in [5.74, 6) is -1.33. The summed E-state index contributed by atoms with van der Waals surface area (Å²) in [7, 11) is 0. The van der Waals surface area contributed by atoms with Gasteiger partial charge in [0.1, 0.15) is 17.3 Å². The molecule has 0 N–H and O–H groups in total. The standard InChI is InChI=1S/C30H28F5N3O2/c1-18-4-3-5-19(2)27(18)38-17-21(6-9-25(38)39)26-28(23-8-7-22(31)16-24(23)32)40-29(36-26)20-10-13-37(14-11-20)15-12-30(33,34)35/h3-9,16-17,20H,10-15H2,1-2H3. The van der Waals surface area contributed by atoms with E-state index in [0.717, 1.165) is 28.9 Å². The molecule has 3 heterocycles. The summed E-state index contributed by atoms with van der Waals surface area (Å²) in [6.07, 6.45) is -2.42. The fourth-order valence-electron chi connectivity index (χ4n) is 5.24. The number of halogens is 5. The van der Waals surface area contributed by atoms with Crippen LogP contribution in [0.15, 0.2) is 63.9 Å². The van der Waals surface area contributed by atoms with Crippen molar-refractivity contribution in [1.82, 2.24) is 14.5 Å². The monoisotopic (exact) mass is 557 g/mol. The summed E-state index contributed by atoms with van der Waals surface area (Å²) in [5.41, 5.74) is 3.05. The molecule has 1 saturated heterocycles. The molecule has 1 aliphatic rings. The van der Waals surface area contributed by atoms with E-state index in [1.807, 2.05) is 32.0 Å². The molecule has 40 heavy (non-hydrogen) atoms. The van der Waals surface area contributed by atoms with Crippen molar-refractivity contribution in [3.63, 3.8) is 0 Å². The Balaban J connectivity index is 1.54. The van der Waals surface area contributed by atoms with Crippen LogP contribution >= 0.6 is 0 Å². The van der Waals surface area contributed by atoms with Crippen LogP contribution in [-0.4, -0.2) is 40.3 Å². The molecule has 10 heteroatoms. The van der Waals surface area contributed by atoms with Gasteiger partial charge in [0.25, 0.3) is 5.56 Å². The van der Waals surface area contributed by atoms with Crippen molar-refractivity contribution in [2.24, 2.45) is 0 Å². The minimum absolute atomic E-state index is 0.0163. The maximum atomic E-state index is 14.9. The van der Waals surface area contributed by atoms with Crippen LogP contribution in [0.25, 0.3) is 28.3 Å². The second-order valence-corrected chi connectivity index (χ2v) is 10.2. The van der Waals surface area contributed by atoms with Gasteiger partial charge in [0.2, 0.25) is 0 Å². The first-order chi connectivity index (χ1) is 19.0. The van der Waals surface area contributed by atoms with E-state index < -0.39 is 24.2 Å². The molecule has 1 aliphatic heterocycles. The van der Waals surface area contributed by atoms with Crippen LogP contribution in [0.4, 0.5) is 22.0 Å². The zero-order chi connectivity index (χ0) is 28.6. The van der Waals surface area contributed by atoms with Crippen molar-refractivity contribution in [2.45, 2.75) is 45.2 Å². The van der Waals surface area contributed by atoms with Gasteiger partial charge in [0, 0.05) is 36.4 Å². The van der Waals surface area contributed by atoms with E-state index in [2.05, 4.69) is 0 Å². The van der Waals surface area contributed by atoms with Gasteiger partial charge >= 0.3 is 6.18 Å². The van der Waals surface area contributed by atoms with Crippen LogP contribution in [0.3, 0.4) is 0 Å². The molecule has 5 nitrogen and oxygen atoms in total. The Hall–Kier alpha value is -3.79. The van der Waals surface area contributed by atoms with E-state index in [9.17, 15) is 26.7 Å². The number of nitrogens with zero attached hydrogens (tertiary/aromatic N) is 3. The molecule has 0 amide bonds. The summed E-state index contributed by atoms with van der Waals surface area (Å²) >= 11 is 0. The van der Waals surface area contributed by atoms with E-state index in [-0.39, 0.29) is 29.3 Å². The minimum Gasteiger partial charge on any atom is -0.440 e. The van der Waals surface area contributed by atoms with Crippen LogP contribution in [-0.2, 0) is 0 Å². The minimum atomic E-state index is -4.21. The molecule has 0 bridgehead atoms. The van der Waals surface area contributed by atoms with Crippen LogP contribution in [0, 0.1) is 25.5 Å². The molecule has 0 unspecified atom stereocenters. The molecule has 1 fully saturated rings. The topological polar surface area (TPSA) is 51.3 Å². The number of benzene rings is 2. The molecule has 210 valence electrons. The van der Waals surface area contributed by atoms with Gasteiger partial charge in [-0.2, -0.15) is 13.2 Å². The summed E-state index contributed by atoms with van der Waals surface area (Å²) in [5, 5.41) is 0. The van der Waals surface area contributed by atoms with E-state index in [4.69, 9.17) is 9.40 Å². The third-order valence-electron chi connectivity index (χ3n) is 7.33. The van der Waals surface area contributed by atoms with E-state index >= 15 is 0 Å². The zero-order valence-corrected chi connectivity index (χ0v) is 22.1. The molecule has 5 rings (SSSR count). The summed E-state index contributed by atoms with van der Waals surface area (Å²) in [6.45, 7) is 4.61. The van der Waals surface area contributed by atoms with Gasteiger partial charge < -0.3 is 9.32 Å². The van der Waals surface area contributed by atoms with Crippen LogP contribution in [0.2, 0.25) is 0 Å². The normalized spacial score (nSPS) is 15.1. The number of oxazole rings is 1. The molecular weight excluding hydrogens is 529 g/mol. The van der Waals surface area contributed by atoms with Gasteiger partial charge in [0.15, 0.2) is 11.7 Å². The Labute approximate surface area is 227 Å². The Morgan fingerprint density at radius 2 is 1.70 bits per heavy atom. The van der Waals surface area contributed by atoms with E-state index in [0.29, 0.717) is 43.1 Å². The lowest BCUT2D eigenvalue weighted by atomic mass is 9.96. The Kier molecular flexibility index (Phi) is 7.63. The fraction of sp³-hybridized carbons (Fsp3) is 0.333. The lowest BCUT2D eigenvalue weighted by Gasteiger charge is -2.30. The van der Waals surface area contributed by atoms with Crippen molar-refractivity contribution in [3.05, 3.63) is 93.7 Å². The lowest BCUT2D eigenvalue weighted by Crippen LogP contribution is -2.35. The summed E-state index contributed by atoms with van der Waals surface area (Å²) < 4.78 is 74.3. The number of para-hydroxylation sites is 1. The Bertz CT molecular complexity index is 1560. The average Bonchev–Trinajstić information content (AvgIpc) is 3.33. The number of alkyl halides is 3. The van der Waals surface area contributed by atoms with Gasteiger partial charge in [0.05, 0.1) is 17.7 Å². The predicted octanol–water partition coefficient (Wildman–Crippen LogP) is 7.19. The fourth-order valence-corrected chi connectivity index (χ4v) is 5.24. The van der Waals surface area contributed by atoms with Gasteiger partial charge in [-0.3, -0.25) is 9.36 Å². The third-order valence-corrected chi connectivity index (χ3v) is 7.33. The lowest BCUT2D eigenvalue weighted by molar-refractivity contribution is -0.138. The van der Waals surface area contributed by atoms with Crippen molar-refractivity contribution in [1.29, 1.82) is 0 Å². The second kappa shape index (κ2) is 11.0. The van der Waals surface area contributed by atoms with Crippen molar-refractivity contribution in [2.75, 3.05) is 19.6 Å². The van der Waals surface area contributed by atoms with Crippen LogP contribution < -0.4 is 5.56 Å². The number of aryl methyl sites for hydroxylation is 2. The quantitative estimate of drug-likeness (QED) is 0.236. The maximum absolute atomic E-state index is 14.9. The van der Waals surface area contributed by atoms with E-state index in [1.54, 1.807) is 17.2 Å². The second-order valence-electron chi connectivity index (χ2n) is 10.2.